The number of benzene rings is 1. The predicted octanol–water partition coefficient (Wildman–Crippen LogP) is 2.36. The number of hydrogen-bond donors (Lipinski definition) is 1. The van der Waals surface area contributed by atoms with Crippen LogP contribution in [0.25, 0.3) is 0 Å². The molecule has 1 aliphatic carbocycles. The van der Waals surface area contributed by atoms with Gasteiger partial charge in [0.2, 0.25) is 11.8 Å². The van der Waals surface area contributed by atoms with Crippen molar-refractivity contribution in [2.45, 2.75) is 38.0 Å². The van der Waals surface area contributed by atoms with E-state index in [0.717, 1.165) is 42.5 Å². The first-order valence-corrected chi connectivity index (χ1v) is 8.36. The summed E-state index contributed by atoms with van der Waals surface area (Å²) in [6.07, 6.45) is 4.13. The summed E-state index contributed by atoms with van der Waals surface area (Å²) in [6, 6.07) is 6.09. The molecule has 0 radical (unpaired) electrons. The molecule has 2 atom stereocenters. The molecule has 2 amide bonds. The molecule has 1 aromatic rings. The van der Waals surface area contributed by atoms with Gasteiger partial charge in [-0.3, -0.25) is 9.59 Å². The molecule has 2 heterocycles. The van der Waals surface area contributed by atoms with Crippen molar-refractivity contribution in [1.82, 2.24) is 10.2 Å². The normalized spacial score (nSPS) is 30.3. The lowest BCUT2D eigenvalue weighted by molar-refractivity contribution is -0.133. The Hall–Kier alpha value is -2.10. The zero-order chi connectivity index (χ0) is 16.9. The molecule has 2 unspecified atom stereocenters. The number of aryl methyl sites for hydroxylation is 1. The van der Waals surface area contributed by atoms with Crippen molar-refractivity contribution >= 4 is 11.8 Å². The van der Waals surface area contributed by atoms with Crippen molar-refractivity contribution < 1.29 is 11.0 Å². The van der Waals surface area contributed by atoms with Gasteiger partial charge in [-0.05, 0) is 36.8 Å². The Bertz CT molecular complexity index is 745. The maximum Gasteiger partial charge on any atom is 0.232 e. The average molecular weight is 312 g/mol. The molecule has 4 heteroatoms. The summed E-state index contributed by atoms with van der Waals surface area (Å²) in [5.74, 6) is 0.0266. The van der Waals surface area contributed by atoms with Crippen LogP contribution in [0.4, 0.5) is 0 Å². The van der Waals surface area contributed by atoms with E-state index in [1.807, 2.05) is 17.0 Å². The van der Waals surface area contributed by atoms with Gasteiger partial charge in [-0.15, -0.1) is 0 Å². The highest BCUT2D eigenvalue weighted by molar-refractivity contribution is 5.90. The van der Waals surface area contributed by atoms with Crippen LogP contribution in [0.1, 0.15) is 44.1 Å². The summed E-state index contributed by atoms with van der Waals surface area (Å²) >= 11 is 0. The molecule has 120 valence electrons. The fourth-order valence-electron chi connectivity index (χ4n) is 4.38. The molecule has 4 rings (SSSR count). The molecular weight excluding hydrogens is 288 g/mol. The van der Waals surface area contributed by atoms with Crippen molar-refractivity contribution in [3.8, 4) is 0 Å². The van der Waals surface area contributed by atoms with Gasteiger partial charge in [-0.1, -0.05) is 30.8 Å². The van der Waals surface area contributed by atoms with Gasteiger partial charge >= 0.3 is 0 Å². The van der Waals surface area contributed by atoms with Crippen LogP contribution in [-0.4, -0.2) is 29.8 Å². The fourth-order valence-corrected chi connectivity index (χ4v) is 4.38. The summed E-state index contributed by atoms with van der Waals surface area (Å²) in [5, 5.41) is 2.82. The van der Waals surface area contributed by atoms with Crippen LogP contribution in [0, 0.1) is 5.41 Å². The predicted molar refractivity (Wildman–Crippen MR) is 87.7 cm³/mol. The van der Waals surface area contributed by atoms with Crippen LogP contribution in [-0.2, 0) is 16.0 Å². The van der Waals surface area contributed by atoms with E-state index < -0.39 is 5.41 Å². The highest BCUT2D eigenvalue weighted by Gasteiger charge is 2.50. The zero-order valence-corrected chi connectivity index (χ0v) is 13.2. The van der Waals surface area contributed by atoms with E-state index in [2.05, 4.69) is 11.9 Å². The first-order valence-electron chi connectivity index (χ1n) is 8.86. The molecule has 1 aromatic carbocycles. The molecule has 1 N–H and O–H groups in total. The van der Waals surface area contributed by atoms with Gasteiger partial charge in [-0.2, -0.15) is 0 Å². The Balaban J connectivity index is 1.56. The molecule has 0 saturated carbocycles. The van der Waals surface area contributed by atoms with Gasteiger partial charge in [0.25, 0.3) is 0 Å². The number of rotatable bonds is 1. The molecule has 0 aromatic heterocycles. The van der Waals surface area contributed by atoms with E-state index in [1.165, 1.54) is 0 Å². The van der Waals surface area contributed by atoms with E-state index in [0.29, 0.717) is 25.6 Å². The largest absolute Gasteiger partial charge is 0.341 e. The second-order valence-electron chi connectivity index (χ2n) is 7.09. The minimum atomic E-state index is -0.463. The number of nitrogens with one attached hydrogen (secondary N) is 1. The minimum Gasteiger partial charge on any atom is -0.341 e. The number of carbonyl (C=O) groups excluding carboxylic acids is 2. The first-order chi connectivity index (χ1) is 11.5. The third kappa shape index (κ3) is 2.28. The smallest absolute Gasteiger partial charge is 0.232 e. The zero-order valence-electron chi connectivity index (χ0n) is 14.2. The van der Waals surface area contributed by atoms with E-state index in [4.69, 9.17) is 1.37 Å². The summed E-state index contributed by atoms with van der Waals surface area (Å²) in [7, 11) is 0. The van der Waals surface area contributed by atoms with Crippen LogP contribution in [0.5, 0.6) is 0 Å². The first kappa shape index (κ1) is 13.3. The summed E-state index contributed by atoms with van der Waals surface area (Å²) in [5.41, 5.74) is 2.51. The monoisotopic (exact) mass is 312 g/mol. The molecule has 2 saturated heterocycles. The topological polar surface area (TPSA) is 49.4 Å². The molecular formula is C19H22N2O2. The third-order valence-corrected chi connectivity index (χ3v) is 5.59. The maximum atomic E-state index is 13.1. The van der Waals surface area contributed by atoms with Crippen molar-refractivity contribution in [2.75, 3.05) is 13.1 Å². The van der Waals surface area contributed by atoms with E-state index in [9.17, 15) is 9.59 Å². The van der Waals surface area contributed by atoms with E-state index in [1.54, 1.807) is 6.07 Å². The SMILES string of the molecule is [3H]c1ccc2c(c1)CCCC2C(=O)N1CCC2(CC(=C)NC2=O)C1. The number of carbonyl (C=O) groups is 2. The number of allylic oxidation sites excluding steroid dienone is 1. The van der Waals surface area contributed by atoms with Gasteiger partial charge < -0.3 is 10.2 Å². The van der Waals surface area contributed by atoms with Gasteiger partial charge in [0.05, 0.1) is 12.7 Å². The summed E-state index contributed by atoms with van der Waals surface area (Å²) in [6.45, 7) is 5.01. The highest BCUT2D eigenvalue weighted by Crippen LogP contribution is 2.42. The summed E-state index contributed by atoms with van der Waals surface area (Å²) in [4.78, 5) is 27.2. The number of fused-ring (bicyclic) bond motifs is 1. The number of nitrogens with zero attached hydrogens (tertiary/aromatic N) is 1. The van der Waals surface area contributed by atoms with E-state index in [-0.39, 0.29) is 17.7 Å². The minimum absolute atomic E-state index is 0.0192. The quantitative estimate of drug-likeness (QED) is 0.865. The van der Waals surface area contributed by atoms with Crippen molar-refractivity contribution in [1.29, 1.82) is 0 Å². The van der Waals surface area contributed by atoms with Crippen LogP contribution < -0.4 is 5.32 Å². The fraction of sp³-hybridized carbons (Fsp3) is 0.474. The number of likely N-dealkylation sites (tertiary alicyclic amines) is 1. The van der Waals surface area contributed by atoms with Crippen molar-refractivity contribution in [3.63, 3.8) is 0 Å². The molecule has 23 heavy (non-hydrogen) atoms. The van der Waals surface area contributed by atoms with Crippen LogP contribution in [0.3, 0.4) is 0 Å². The Morgan fingerprint density at radius 3 is 3.13 bits per heavy atom. The van der Waals surface area contributed by atoms with Gasteiger partial charge in [-0.25, -0.2) is 0 Å². The van der Waals surface area contributed by atoms with Crippen LogP contribution >= 0.6 is 0 Å². The lowest BCUT2D eigenvalue weighted by atomic mass is 9.82. The Labute approximate surface area is 138 Å². The summed E-state index contributed by atoms with van der Waals surface area (Å²) < 4.78 is 7.78. The lowest BCUT2D eigenvalue weighted by Gasteiger charge is -2.29. The van der Waals surface area contributed by atoms with Crippen molar-refractivity contribution in [2.24, 2.45) is 5.41 Å². The molecule has 0 bridgehead atoms. The van der Waals surface area contributed by atoms with Gasteiger partial charge in [0, 0.05) is 25.2 Å². The number of amides is 2. The van der Waals surface area contributed by atoms with Crippen LogP contribution in [0.2, 0.25) is 0 Å². The number of hydrogen-bond acceptors (Lipinski definition) is 2. The molecule has 2 fully saturated rings. The molecule has 2 aliphatic heterocycles. The second-order valence-corrected chi connectivity index (χ2v) is 7.09. The molecule has 1 spiro atoms. The van der Waals surface area contributed by atoms with E-state index >= 15 is 0 Å². The Morgan fingerprint density at radius 1 is 1.48 bits per heavy atom. The maximum absolute atomic E-state index is 13.1. The second kappa shape index (κ2) is 5.22. The molecule has 3 aliphatic rings. The third-order valence-electron chi connectivity index (χ3n) is 5.59. The lowest BCUT2D eigenvalue weighted by Crippen LogP contribution is -2.39. The van der Waals surface area contributed by atoms with Gasteiger partial charge in [0.15, 0.2) is 0 Å². The average Bonchev–Trinajstić information content (AvgIpc) is 3.09. The standard InChI is InChI=1S/C19H22N2O2/c1-13-11-19(18(23)20-13)9-10-21(12-19)17(22)16-8-4-6-14-5-2-3-7-15(14)16/h2-3,5,7,16H,1,4,6,8-12H2,(H,20,23)/i2T. The van der Waals surface area contributed by atoms with Crippen LogP contribution in [0.15, 0.2) is 36.5 Å². The molecule has 4 nitrogen and oxygen atoms in total. The Morgan fingerprint density at radius 2 is 2.35 bits per heavy atom. The van der Waals surface area contributed by atoms with Crippen molar-refractivity contribution in [3.05, 3.63) is 47.6 Å². The van der Waals surface area contributed by atoms with Gasteiger partial charge in [0.1, 0.15) is 0 Å². The Kier molecular flexibility index (Phi) is 3.03. The highest BCUT2D eigenvalue weighted by atomic mass is 16.2.